The van der Waals surface area contributed by atoms with Gasteiger partial charge in [0, 0.05) is 35.2 Å². The van der Waals surface area contributed by atoms with Crippen LogP contribution in [0.15, 0.2) is 42.2 Å². The van der Waals surface area contributed by atoms with Crippen LogP contribution in [-0.4, -0.2) is 20.9 Å². The van der Waals surface area contributed by atoms with E-state index in [9.17, 15) is 4.79 Å². The van der Waals surface area contributed by atoms with Gasteiger partial charge in [0.05, 0.1) is 17.8 Å². The van der Waals surface area contributed by atoms with Crippen molar-refractivity contribution in [1.82, 2.24) is 20.3 Å². The predicted octanol–water partition coefficient (Wildman–Crippen LogP) is 3.34. The Morgan fingerprint density at radius 1 is 1.30 bits per heavy atom. The number of pyridine rings is 1. The summed E-state index contributed by atoms with van der Waals surface area (Å²) in [6.45, 7) is 0.448. The van der Waals surface area contributed by atoms with Gasteiger partial charge in [0.2, 0.25) is 0 Å². The Hall–Kier alpha value is -2.47. The van der Waals surface area contributed by atoms with E-state index in [-0.39, 0.29) is 5.91 Å². The lowest BCUT2D eigenvalue weighted by atomic mass is 10.1. The van der Waals surface area contributed by atoms with Crippen LogP contribution in [0.5, 0.6) is 0 Å². The predicted molar refractivity (Wildman–Crippen MR) is 89.3 cm³/mol. The van der Waals surface area contributed by atoms with Crippen LogP contribution in [0.2, 0.25) is 0 Å². The van der Waals surface area contributed by atoms with Crippen LogP contribution >= 0.6 is 11.3 Å². The maximum Gasteiger partial charge on any atom is 0.253 e. The van der Waals surface area contributed by atoms with Crippen molar-refractivity contribution in [3.05, 3.63) is 58.4 Å². The van der Waals surface area contributed by atoms with Gasteiger partial charge >= 0.3 is 0 Å². The molecule has 3 aromatic rings. The molecular formula is C17H16N4OS. The Morgan fingerprint density at radius 2 is 2.13 bits per heavy atom. The second-order valence-corrected chi connectivity index (χ2v) is 6.57. The fourth-order valence-electron chi connectivity index (χ4n) is 2.59. The molecule has 0 saturated heterocycles. The number of rotatable bonds is 5. The topological polar surface area (TPSA) is 70.7 Å². The molecule has 1 aliphatic carbocycles. The second kappa shape index (κ2) is 5.96. The molecule has 0 atom stereocenters. The number of thiazole rings is 1. The van der Waals surface area contributed by atoms with Crippen molar-refractivity contribution < 1.29 is 4.79 Å². The largest absolute Gasteiger partial charge is 0.364 e. The molecule has 116 valence electrons. The summed E-state index contributed by atoms with van der Waals surface area (Å²) in [6.07, 6.45) is 7.68. The van der Waals surface area contributed by atoms with Gasteiger partial charge in [-0.05, 0) is 37.0 Å². The first-order valence-corrected chi connectivity index (χ1v) is 8.49. The van der Waals surface area contributed by atoms with E-state index in [0.29, 0.717) is 12.5 Å². The van der Waals surface area contributed by atoms with E-state index in [1.165, 1.54) is 12.8 Å². The van der Waals surface area contributed by atoms with Gasteiger partial charge in [-0.3, -0.25) is 9.78 Å². The summed E-state index contributed by atoms with van der Waals surface area (Å²) in [5.74, 6) is 0.498. The summed E-state index contributed by atoms with van der Waals surface area (Å²) in [6, 6.07) is 5.71. The third-order valence-electron chi connectivity index (χ3n) is 3.94. The number of aromatic nitrogens is 3. The molecule has 0 spiro atoms. The number of nitrogens with one attached hydrogen (secondary N) is 2. The number of nitrogens with zero attached hydrogens (tertiary/aromatic N) is 2. The SMILES string of the molecule is O=C(NCc1nc(-c2ccncc2)cs1)c1cc[nH]c1C1CC1. The maximum absolute atomic E-state index is 12.3. The number of hydrogen-bond donors (Lipinski definition) is 2. The van der Waals surface area contributed by atoms with Crippen LogP contribution in [0.25, 0.3) is 11.3 Å². The molecule has 5 nitrogen and oxygen atoms in total. The lowest BCUT2D eigenvalue weighted by Gasteiger charge is -2.04. The molecule has 3 aromatic heterocycles. The number of aromatic amines is 1. The molecule has 1 saturated carbocycles. The average molecular weight is 324 g/mol. The number of H-pyrrole nitrogens is 1. The zero-order chi connectivity index (χ0) is 15.6. The highest BCUT2D eigenvalue weighted by Crippen LogP contribution is 2.40. The third kappa shape index (κ3) is 3.03. The summed E-state index contributed by atoms with van der Waals surface area (Å²) in [5.41, 5.74) is 3.79. The van der Waals surface area contributed by atoms with E-state index in [4.69, 9.17) is 0 Å². The standard InChI is InChI=1S/C17H16N4OS/c22-17(13-5-8-19-16(13)12-1-2-12)20-9-15-21-14(10-23-15)11-3-6-18-7-4-11/h3-8,10,12,19H,1-2,9H2,(H,20,22). The molecular weight excluding hydrogens is 308 g/mol. The van der Waals surface area contributed by atoms with Crippen LogP contribution < -0.4 is 5.32 Å². The van der Waals surface area contributed by atoms with Crippen LogP contribution in [0, 0.1) is 0 Å². The van der Waals surface area contributed by atoms with Crippen LogP contribution in [-0.2, 0) is 6.54 Å². The van der Waals surface area contributed by atoms with Crippen molar-refractivity contribution in [1.29, 1.82) is 0 Å². The molecule has 1 aliphatic rings. The fourth-order valence-corrected chi connectivity index (χ4v) is 3.33. The summed E-state index contributed by atoms with van der Waals surface area (Å²) in [7, 11) is 0. The summed E-state index contributed by atoms with van der Waals surface area (Å²) < 4.78 is 0. The van der Waals surface area contributed by atoms with E-state index in [1.54, 1.807) is 23.7 Å². The first-order chi connectivity index (χ1) is 11.3. The van der Waals surface area contributed by atoms with Gasteiger partial charge in [0.15, 0.2) is 0 Å². The Morgan fingerprint density at radius 3 is 2.91 bits per heavy atom. The maximum atomic E-state index is 12.3. The summed E-state index contributed by atoms with van der Waals surface area (Å²) in [5, 5.41) is 5.87. The van der Waals surface area contributed by atoms with Crippen molar-refractivity contribution in [2.24, 2.45) is 0 Å². The van der Waals surface area contributed by atoms with Crippen molar-refractivity contribution in [3.8, 4) is 11.3 Å². The molecule has 0 bridgehead atoms. The molecule has 0 aliphatic heterocycles. The molecule has 1 amide bonds. The molecule has 3 heterocycles. The minimum atomic E-state index is -0.0335. The Kier molecular flexibility index (Phi) is 3.67. The van der Waals surface area contributed by atoms with Gasteiger partial charge < -0.3 is 10.3 Å². The quantitative estimate of drug-likeness (QED) is 0.756. The van der Waals surface area contributed by atoms with Gasteiger partial charge in [-0.2, -0.15) is 0 Å². The zero-order valence-electron chi connectivity index (χ0n) is 12.5. The number of amides is 1. The van der Waals surface area contributed by atoms with Crippen molar-refractivity contribution in [2.75, 3.05) is 0 Å². The van der Waals surface area contributed by atoms with E-state index >= 15 is 0 Å². The van der Waals surface area contributed by atoms with Crippen LogP contribution in [0.3, 0.4) is 0 Å². The molecule has 23 heavy (non-hydrogen) atoms. The lowest BCUT2D eigenvalue weighted by Crippen LogP contribution is -2.23. The molecule has 6 heteroatoms. The molecule has 0 aromatic carbocycles. The molecule has 0 unspecified atom stereocenters. The molecule has 2 N–H and O–H groups in total. The van der Waals surface area contributed by atoms with E-state index < -0.39 is 0 Å². The number of carbonyl (C=O) groups is 1. The molecule has 1 fully saturated rings. The normalized spacial score (nSPS) is 13.9. The zero-order valence-corrected chi connectivity index (χ0v) is 13.3. The van der Waals surface area contributed by atoms with Crippen molar-refractivity contribution in [3.63, 3.8) is 0 Å². The molecule has 4 rings (SSSR count). The molecule has 0 radical (unpaired) electrons. The average Bonchev–Trinajstić information content (AvgIpc) is 3.13. The first kappa shape index (κ1) is 14.1. The first-order valence-electron chi connectivity index (χ1n) is 7.61. The van der Waals surface area contributed by atoms with Gasteiger partial charge in [0.1, 0.15) is 5.01 Å². The highest BCUT2D eigenvalue weighted by molar-refractivity contribution is 7.09. The minimum absolute atomic E-state index is 0.0335. The lowest BCUT2D eigenvalue weighted by molar-refractivity contribution is 0.0950. The number of carbonyl (C=O) groups excluding carboxylic acids is 1. The minimum Gasteiger partial charge on any atom is -0.364 e. The fraction of sp³-hybridized carbons (Fsp3) is 0.235. The monoisotopic (exact) mass is 324 g/mol. The van der Waals surface area contributed by atoms with E-state index in [2.05, 4.69) is 20.3 Å². The second-order valence-electron chi connectivity index (χ2n) is 5.62. The Balaban J connectivity index is 1.42. The van der Waals surface area contributed by atoms with Gasteiger partial charge in [-0.1, -0.05) is 0 Å². The summed E-state index contributed by atoms with van der Waals surface area (Å²) in [4.78, 5) is 24.1. The van der Waals surface area contributed by atoms with E-state index in [1.807, 2.05) is 29.8 Å². The van der Waals surface area contributed by atoms with Gasteiger partial charge in [0.25, 0.3) is 5.91 Å². The smallest absolute Gasteiger partial charge is 0.253 e. The van der Waals surface area contributed by atoms with Gasteiger partial charge in [-0.15, -0.1) is 11.3 Å². The van der Waals surface area contributed by atoms with Crippen LogP contribution in [0.1, 0.15) is 39.8 Å². The van der Waals surface area contributed by atoms with Gasteiger partial charge in [-0.25, -0.2) is 4.98 Å². The Labute approximate surface area is 137 Å². The Bertz CT molecular complexity index is 820. The highest BCUT2D eigenvalue weighted by atomic mass is 32.1. The number of hydrogen-bond acceptors (Lipinski definition) is 4. The van der Waals surface area contributed by atoms with Crippen molar-refractivity contribution >= 4 is 17.2 Å². The highest BCUT2D eigenvalue weighted by Gasteiger charge is 2.29. The summed E-state index contributed by atoms with van der Waals surface area (Å²) >= 11 is 1.55. The van der Waals surface area contributed by atoms with Crippen molar-refractivity contribution in [2.45, 2.75) is 25.3 Å². The third-order valence-corrected chi connectivity index (χ3v) is 4.79. The van der Waals surface area contributed by atoms with E-state index in [0.717, 1.165) is 27.5 Å². The van der Waals surface area contributed by atoms with Crippen LogP contribution in [0.4, 0.5) is 0 Å².